The molecule has 7 rings (SSSR count). The van der Waals surface area contributed by atoms with Crippen LogP contribution in [0.1, 0.15) is 190 Å². The molecular weight excluding hydrogens is 1590 g/mol. The molecule has 117 heavy (non-hydrogen) atoms. The zero-order valence-corrected chi connectivity index (χ0v) is 76.8. The molecule has 682 valence electrons. The van der Waals surface area contributed by atoms with E-state index in [2.05, 4.69) is 4.72 Å². The van der Waals surface area contributed by atoms with Crippen molar-refractivity contribution in [2.45, 2.75) is 375 Å². The van der Waals surface area contributed by atoms with Crippen LogP contribution < -0.4 is 4.72 Å². The molecule has 6 fully saturated rings. The van der Waals surface area contributed by atoms with E-state index < -0.39 is 214 Å². The molecule has 0 spiro atoms. The van der Waals surface area contributed by atoms with Crippen LogP contribution in [0.5, 0.6) is 0 Å². The first kappa shape index (κ1) is 103. The summed E-state index contributed by atoms with van der Waals surface area (Å²) in [5.41, 5.74) is -9.01. The second kappa shape index (κ2) is 42.3. The summed E-state index contributed by atoms with van der Waals surface area (Å²) in [6.07, 6.45) is -18.0. The van der Waals surface area contributed by atoms with Crippen LogP contribution in [-0.4, -0.2) is 347 Å². The molecule has 0 radical (unpaired) electrons. The van der Waals surface area contributed by atoms with Crippen molar-refractivity contribution >= 4 is 45.2 Å². The molecule has 11 N–H and O–H groups in total. The Bertz CT molecular complexity index is 3380. The average Bonchev–Trinajstić information content (AvgIpc) is 1.36. The standard InChI is InChI=1S/C45H77Cl2N3O14S.C38H72N2O12/c1-14-34-45(10,56)38(52)28(6)50(12)23-24(2)21-43(8,55)40(26(4)37(27(5)41(54)62-34)63-35-22-44(9,59-13)39(53)29(7)61-35)64-42-36(51)33(17-25(3)60-42)49(11)16-15-48-65(57,58)32-19-30(46)18-31(47)20-32;1-15-27-38(10,46)31(42)24(6)40(13)19-20(2)17-36(8,45)33(52-35-29(41)26(39(11)12)16-21(3)48-35)22(4)30(23(5)34(44)50-27)51-28-18-37(9,47-14)32(43)25(7)49-28/h18-20,24-29,33-40,42,48,51-53,55-56H,14-17,21-23H2,1-13H3;20-33,35,41-43,45-46H,15-19H2,1-14H3/t24-,25-,26+,27-,28-,29+,33+,34-,35+,36-,37+,38-,39+,40-,42+,43-,44-,45-;20-,21-,22+,23-,24-,25+,26+,27-,28+,29-,30+,31-,32+,33-,35+,36-,37-,38-/m11/s1. The predicted octanol–water partition coefficient (Wildman–Crippen LogP) is 5.46. The lowest BCUT2D eigenvalue weighted by Gasteiger charge is -2.49. The fourth-order valence-corrected chi connectivity index (χ4v) is 20.4. The van der Waals surface area contributed by atoms with Gasteiger partial charge in [-0.25, -0.2) is 13.1 Å². The monoisotopic (exact) mass is 1730 g/mol. The third kappa shape index (κ3) is 25.3. The summed E-state index contributed by atoms with van der Waals surface area (Å²) in [5.74, 6) is -5.54. The Kier molecular flexibility index (Phi) is 37.4. The Labute approximate surface area is 706 Å². The van der Waals surface area contributed by atoms with Gasteiger partial charge < -0.3 is 123 Å². The van der Waals surface area contributed by atoms with Crippen molar-refractivity contribution < 1.29 is 126 Å². The molecule has 34 heteroatoms. The molecule has 0 bridgehead atoms. The number of hydrogen-bond acceptors (Lipinski definition) is 30. The van der Waals surface area contributed by atoms with E-state index in [1.807, 2.05) is 75.4 Å². The lowest BCUT2D eigenvalue weighted by atomic mass is 9.77. The molecule has 6 aliphatic heterocycles. The molecule has 6 heterocycles. The second-order valence-corrected chi connectivity index (χ2v) is 39.5. The van der Waals surface area contributed by atoms with Crippen LogP contribution in [0.2, 0.25) is 10.0 Å². The summed E-state index contributed by atoms with van der Waals surface area (Å²) in [6, 6.07) is 2.03. The minimum Gasteiger partial charge on any atom is -0.459 e. The van der Waals surface area contributed by atoms with Crippen molar-refractivity contribution in [3.05, 3.63) is 28.2 Å². The van der Waals surface area contributed by atoms with Crippen LogP contribution >= 0.6 is 23.2 Å². The number of benzene rings is 1. The fourth-order valence-electron chi connectivity index (χ4n) is 18.7. The van der Waals surface area contributed by atoms with Crippen molar-refractivity contribution in [3.8, 4) is 0 Å². The zero-order chi connectivity index (χ0) is 88.8. The van der Waals surface area contributed by atoms with Gasteiger partial charge in [-0.05, 0) is 201 Å². The Hall–Kier alpha value is -2.31. The molecule has 1 aromatic carbocycles. The number of carbonyl (C=O) groups is 2. The highest BCUT2D eigenvalue weighted by atomic mass is 35.5. The molecule has 1 aromatic rings. The van der Waals surface area contributed by atoms with Crippen LogP contribution in [-0.2, 0) is 76.5 Å². The van der Waals surface area contributed by atoms with E-state index in [0.717, 1.165) is 0 Å². The molecule has 0 aromatic heterocycles. The number of carbonyl (C=O) groups excluding carboxylic acids is 2. The summed E-state index contributed by atoms with van der Waals surface area (Å²) in [7, 11) is 8.18. The first-order valence-corrected chi connectivity index (χ1v) is 44.1. The van der Waals surface area contributed by atoms with Gasteiger partial charge in [0.25, 0.3) is 0 Å². The quantitative estimate of drug-likeness (QED) is 0.0766. The fraction of sp³-hybridized carbons (Fsp3) is 0.904. The number of likely N-dealkylation sites (N-methyl/N-ethyl adjacent to an activating group) is 4. The molecule has 6 aliphatic rings. The molecule has 6 saturated heterocycles. The Morgan fingerprint density at radius 3 is 1.25 bits per heavy atom. The van der Waals surface area contributed by atoms with Crippen LogP contribution in [0.3, 0.4) is 0 Å². The van der Waals surface area contributed by atoms with E-state index >= 15 is 0 Å². The Balaban J connectivity index is 0.000000373. The molecule has 0 aliphatic carbocycles. The lowest BCUT2D eigenvalue weighted by Crippen LogP contribution is -2.61. The minimum atomic E-state index is -3.98. The van der Waals surface area contributed by atoms with Gasteiger partial charge in [-0.2, -0.15) is 0 Å². The number of hydrogen-bond donors (Lipinski definition) is 11. The van der Waals surface area contributed by atoms with Crippen molar-refractivity contribution in [1.82, 2.24) is 24.3 Å². The Morgan fingerprint density at radius 1 is 0.538 bits per heavy atom. The van der Waals surface area contributed by atoms with E-state index in [1.165, 1.54) is 46.3 Å². The molecule has 0 saturated carbocycles. The number of rotatable bonds is 19. The molecule has 0 amide bonds. The highest BCUT2D eigenvalue weighted by molar-refractivity contribution is 7.89. The number of cyclic esters (lactones) is 2. The highest BCUT2D eigenvalue weighted by Crippen LogP contribution is 2.44. The van der Waals surface area contributed by atoms with Gasteiger partial charge in [0.05, 0.1) is 88.0 Å². The van der Waals surface area contributed by atoms with Gasteiger partial charge in [-0.3, -0.25) is 14.5 Å². The maximum atomic E-state index is 14.4. The third-order valence-corrected chi connectivity index (χ3v) is 28.1. The van der Waals surface area contributed by atoms with E-state index in [-0.39, 0.29) is 90.5 Å². The topological polar surface area (TPSA) is 406 Å². The van der Waals surface area contributed by atoms with Crippen molar-refractivity contribution in [3.63, 3.8) is 0 Å². The SMILES string of the molecule is CC[C@H]1OC(=O)[C@H](C)[C@@H](O[C@H]2C[C@@](C)(OC)[C@@H](O)[C@H](C)O2)[C@H](C)[C@@H](O[C@@H]2O[C@H](C)C[C@H](N(C)C)[C@H]2O)[C@](C)(O)C[C@@H](C)CN(C)[C@H](C)[C@@H](O)[C@]1(C)O.CC[C@H]1OC(=O)[C@H](C)[C@@H](O[C@H]2C[C@@](C)(OC)[C@@H](O)[C@H](C)O2)[C@H](C)[C@@H](O[C@@H]2O[C@H](C)C[C@H](N(C)CCNS(=O)(=O)c3cc(Cl)cc(Cl)c3)[C@H]2O)[C@](C)(O)C[C@@H](C)CN(C)[C@H](C)[C@@H](O)[C@]1(C)O. The maximum absolute atomic E-state index is 14.4. The van der Waals surface area contributed by atoms with Gasteiger partial charge in [0.2, 0.25) is 10.0 Å². The van der Waals surface area contributed by atoms with E-state index in [1.54, 1.807) is 104 Å². The maximum Gasteiger partial charge on any atom is 0.311 e. The third-order valence-electron chi connectivity index (χ3n) is 26.2. The van der Waals surface area contributed by atoms with Gasteiger partial charge in [0, 0.05) is 99.3 Å². The predicted molar refractivity (Wildman–Crippen MR) is 439 cm³/mol. The summed E-state index contributed by atoms with van der Waals surface area (Å²) in [4.78, 5) is 36.0. The lowest BCUT2D eigenvalue weighted by molar-refractivity contribution is -0.318. The van der Waals surface area contributed by atoms with E-state index in [0.29, 0.717) is 25.9 Å². The molecule has 36 atom stereocenters. The number of ether oxygens (including phenoxy) is 12. The normalized spacial score (nSPS) is 45.5. The van der Waals surface area contributed by atoms with Crippen molar-refractivity contribution in [2.75, 3.05) is 75.6 Å². The Morgan fingerprint density at radius 2 is 0.897 bits per heavy atom. The number of nitrogens with zero attached hydrogens (tertiary/aromatic N) is 4. The van der Waals surface area contributed by atoms with Gasteiger partial charge in [-0.1, -0.05) is 64.7 Å². The number of halogens is 2. The molecular formula is C83H149Cl2N5O26S. The van der Waals surface area contributed by atoms with Gasteiger partial charge in [-0.15, -0.1) is 0 Å². The minimum absolute atomic E-state index is 0.0222. The summed E-state index contributed by atoms with van der Waals surface area (Å²) in [5, 5.41) is 118. The average molecular weight is 1740 g/mol. The van der Waals surface area contributed by atoms with Crippen LogP contribution in [0.4, 0.5) is 0 Å². The smallest absolute Gasteiger partial charge is 0.311 e. The summed E-state index contributed by atoms with van der Waals surface area (Å²) < 4.78 is 104. The summed E-state index contributed by atoms with van der Waals surface area (Å²) in [6.45, 7) is 35.7. The zero-order valence-electron chi connectivity index (χ0n) is 74.5. The number of sulfonamides is 1. The largest absolute Gasteiger partial charge is 0.459 e. The number of esters is 2. The molecule has 0 unspecified atom stereocenters. The summed E-state index contributed by atoms with van der Waals surface area (Å²) >= 11 is 12.1. The van der Waals surface area contributed by atoms with E-state index in [4.69, 9.17) is 80.0 Å². The second-order valence-electron chi connectivity index (χ2n) is 36.9. The van der Waals surface area contributed by atoms with Gasteiger partial charge in [0.15, 0.2) is 25.2 Å². The van der Waals surface area contributed by atoms with Crippen LogP contribution in [0.15, 0.2) is 23.1 Å². The van der Waals surface area contributed by atoms with Crippen LogP contribution in [0, 0.1) is 35.5 Å². The van der Waals surface area contributed by atoms with Gasteiger partial charge in [0.1, 0.15) is 60.0 Å². The van der Waals surface area contributed by atoms with Crippen molar-refractivity contribution in [2.24, 2.45) is 35.5 Å². The van der Waals surface area contributed by atoms with Gasteiger partial charge >= 0.3 is 11.9 Å². The van der Waals surface area contributed by atoms with Crippen LogP contribution in [0.25, 0.3) is 0 Å². The van der Waals surface area contributed by atoms with E-state index in [9.17, 15) is 69.1 Å². The number of aliphatic hydroxyl groups excluding tert-OH is 6. The number of aliphatic hydroxyl groups is 10. The first-order valence-electron chi connectivity index (χ1n) is 41.9. The number of methoxy groups -OCH3 is 2. The van der Waals surface area contributed by atoms with Crippen molar-refractivity contribution in [1.29, 1.82) is 0 Å². The number of nitrogens with one attached hydrogen (secondary N) is 1. The highest BCUT2D eigenvalue weighted by Gasteiger charge is 2.57. The first-order chi connectivity index (χ1) is 53.9. The molecule has 31 nitrogen and oxygen atoms in total.